The first kappa shape index (κ1) is 11.9. The lowest BCUT2D eigenvalue weighted by atomic mass is 10.2. The Morgan fingerprint density at radius 2 is 2.18 bits per heavy atom. The van der Waals surface area contributed by atoms with Gasteiger partial charge in [0.15, 0.2) is 0 Å². The molecule has 1 aliphatic heterocycles. The minimum Gasteiger partial charge on any atom is -0.392 e. The van der Waals surface area contributed by atoms with Gasteiger partial charge in [0, 0.05) is 31.7 Å². The van der Waals surface area contributed by atoms with Gasteiger partial charge in [-0.3, -0.25) is 4.79 Å². The Bertz CT molecular complexity index is 423. The van der Waals surface area contributed by atoms with Crippen molar-refractivity contribution in [3.8, 4) is 0 Å². The molecule has 0 atom stereocenters. The van der Waals surface area contributed by atoms with Crippen molar-refractivity contribution in [3.63, 3.8) is 0 Å². The van der Waals surface area contributed by atoms with E-state index >= 15 is 0 Å². The maximum absolute atomic E-state index is 13.3. The van der Waals surface area contributed by atoms with Gasteiger partial charge in [0.05, 0.1) is 6.61 Å². The van der Waals surface area contributed by atoms with Crippen LogP contribution in [-0.4, -0.2) is 30.6 Å². The van der Waals surface area contributed by atoms with Crippen molar-refractivity contribution >= 4 is 11.6 Å². The lowest BCUT2D eigenvalue weighted by molar-refractivity contribution is -0.120. The fourth-order valence-electron chi connectivity index (χ4n) is 1.93. The summed E-state index contributed by atoms with van der Waals surface area (Å²) in [5.41, 5.74) is 1.26. The standard InChI is InChI=1S/C12H15FN2O2/c13-10-5-9(8-16)6-11(7-10)15-3-1-12(17)14-2-4-15/h5-7,16H,1-4,8H2,(H,14,17). The first-order valence-corrected chi connectivity index (χ1v) is 5.61. The average Bonchev–Trinajstić information content (AvgIpc) is 2.53. The lowest BCUT2D eigenvalue weighted by Gasteiger charge is -2.22. The minimum atomic E-state index is -0.366. The summed E-state index contributed by atoms with van der Waals surface area (Å²) in [5, 5.41) is 11.8. The zero-order valence-electron chi connectivity index (χ0n) is 9.45. The van der Waals surface area contributed by atoms with E-state index in [1.807, 2.05) is 4.90 Å². The molecule has 5 heteroatoms. The van der Waals surface area contributed by atoms with Crippen LogP contribution in [0.3, 0.4) is 0 Å². The molecule has 1 fully saturated rings. The third kappa shape index (κ3) is 2.94. The van der Waals surface area contributed by atoms with E-state index in [4.69, 9.17) is 5.11 Å². The second-order valence-corrected chi connectivity index (χ2v) is 4.06. The van der Waals surface area contributed by atoms with Gasteiger partial charge < -0.3 is 15.3 Å². The summed E-state index contributed by atoms with van der Waals surface area (Å²) in [6.07, 6.45) is 0.408. The lowest BCUT2D eigenvalue weighted by Crippen LogP contribution is -2.28. The Labute approximate surface area is 99.0 Å². The molecule has 1 heterocycles. The Kier molecular flexibility index (Phi) is 3.58. The summed E-state index contributed by atoms with van der Waals surface area (Å²) in [5.74, 6) is -0.346. The van der Waals surface area contributed by atoms with E-state index in [1.54, 1.807) is 6.07 Å². The number of nitrogens with one attached hydrogen (secondary N) is 1. The minimum absolute atomic E-state index is 0.0197. The second kappa shape index (κ2) is 5.14. The van der Waals surface area contributed by atoms with Crippen molar-refractivity contribution in [2.24, 2.45) is 0 Å². The number of halogens is 1. The Hall–Kier alpha value is -1.62. The van der Waals surface area contributed by atoms with E-state index in [1.165, 1.54) is 12.1 Å². The predicted octanol–water partition coefficient (Wildman–Crippen LogP) is 0.644. The van der Waals surface area contributed by atoms with Crippen LogP contribution in [0.5, 0.6) is 0 Å². The van der Waals surface area contributed by atoms with Crippen LogP contribution in [0.1, 0.15) is 12.0 Å². The van der Waals surface area contributed by atoms with Crippen LogP contribution in [0.25, 0.3) is 0 Å². The Morgan fingerprint density at radius 3 is 2.94 bits per heavy atom. The average molecular weight is 238 g/mol. The third-order valence-corrected chi connectivity index (χ3v) is 2.80. The highest BCUT2D eigenvalue weighted by Gasteiger charge is 2.14. The topological polar surface area (TPSA) is 52.6 Å². The SMILES string of the molecule is O=C1CCN(c2cc(F)cc(CO)c2)CCN1. The van der Waals surface area contributed by atoms with E-state index in [2.05, 4.69) is 5.32 Å². The van der Waals surface area contributed by atoms with Gasteiger partial charge in [-0.15, -0.1) is 0 Å². The third-order valence-electron chi connectivity index (χ3n) is 2.80. The molecule has 1 aromatic carbocycles. The maximum Gasteiger partial charge on any atom is 0.221 e. The molecule has 4 nitrogen and oxygen atoms in total. The van der Waals surface area contributed by atoms with Crippen LogP contribution in [0.15, 0.2) is 18.2 Å². The molecule has 0 saturated carbocycles. The van der Waals surface area contributed by atoms with Gasteiger partial charge in [0.1, 0.15) is 5.82 Å². The highest BCUT2D eigenvalue weighted by atomic mass is 19.1. The van der Waals surface area contributed by atoms with Crippen molar-refractivity contribution in [2.45, 2.75) is 13.0 Å². The maximum atomic E-state index is 13.3. The number of aliphatic hydroxyl groups excluding tert-OH is 1. The summed E-state index contributed by atoms with van der Waals surface area (Å²) >= 11 is 0. The first-order chi connectivity index (χ1) is 8.19. The molecule has 0 spiro atoms. The van der Waals surface area contributed by atoms with E-state index < -0.39 is 0 Å². The van der Waals surface area contributed by atoms with Crippen molar-refractivity contribution in [1.29, 1.82) is 0 Å². The molecule has 0 unspecified atom stereocenters. The number of rotatable bonds is 2. The Morgan fingerprint density at radius 1 is 1.35 bits per heavy atom. The van der Waals surface area contributed by atoms with E-state index in [0.29, 0.717) is 37.3 Å². The second-order valence-electron chi connectivity index (χ2n) is 4.06. The van der Waals surface area contributed by atoms with Crippen LogP contribution in [-0.2, 0) is 11.4 Å². The number of hydrogen-bond acceptors (Lipinski definition) is 3. The van der Waals surface area contributed by atoms with Gasteiger partial charge in [0.2, 0.25) is 5.91 Å². The smallest absolute Gasteiger partial charge is 0.221 e. The van der Waals surface area contributed by atoms with Crippen molar-refractivity contribution in [1.82, 2.24) is 5.32 Å². The number of benzene rings is 1. The summed E-state index contributed by atoms with van der Waals surface area (Å²) < 4.78 is 13.3. The molecule has 17 heavy (non-hydrogen) atoms. The Balaban J connectivity index is 2.20. The number of anilines is 1. The molecule has 2 rings (SSSR count). The molecule has 1 aromatic rings. The fourth-order valence-corrected chi connectivity index (χ4v) is 1.93. The summed E-state index contributed by atoms with van der Waals surface area (Å²) in [6, 6.07) is 4.48. The molecular formula is C12H15FN2O2. The molecule has 92 valence electrons. The number of carbonyl (C=O) groups is 1. The van der Waals surface area contributed by atoms with Gasteiger partial charge in [-0.2, -0.15) is 0 Å². The van der Waals surface area contributed by atoms with E-state index in [-0.39, 0.29) is 18.3 Å². The molecule has 2 N–H and O–H groups in total. The normalized spacial score (nSPS) is 16.6. The van der Waals surface area contributed by atoms with Gasteiger partial charge in [0.25, 0.3) is 0 Å². The molecule has 0 aliphatic carbocycles. The molecule has 1 aliphatic rings. The van der Waals surface area contributed by atoms with Crippen molar-refractivity contribution < 1.29 is 14.3 Å². The summed E-state index contributed by atoms with van der Waals surface area (Å²) in [7, 11) is 0. The van der Waals surface area contributed by atoms with Crippen LogP contribution in [0.2, 0.25) is 0 Å². The van der Waals surface area contributed by atoms with Crippen LogP contribution >= 0.6 is 0 Å². The highest BCUT2D eigenvalue weighted by molar-refractivity contribution is 5.77. The number of carbonyl (C=O) groups excluding carboxylic acids is 1. The quantitative estimate of drug-likeness (QED) is 0.795. The number of hydrogen-bond donors (Lipinski definition) is 2. The molecular weight excluding hydrogens is 223 g/mol. The number of nitrogens with zero attached hydrogens (tertiary/aromatic N) is 1. The van der Waals surface area contributed by atoms with Crippen LogP contribution in [0, 0.1) is 5.82 Å². The number of amides is 1. The largest absolute Gasteiger partial charge is 0.392 e. The molecule has 1 saturated heterocycles. The zero-order valence-corrected chi connectivity index (χ0v) is 9.45. The van der Waals surface area contributed by atoms with Crippen molar-refractivity contribution in [3.05, 3.63) is 29.6 Å². The fraction of sp³-hybridized carbons (Fsp3) is 0.417. The first-order valence-electron chi connectivity index (χ1n) is 5.61. The summed E-state index contributed by atoms with van der Waals surface area (Å²) in [4.78, 5) is 13.1. The molecule has 0 radical (unpaired) electrons. The van der Waals surface area contributed by atoms with E-state index in [0.717, 1.165) is 0 Å². The van der Waals surface area contributed by atoms with Crippen molar-refractivity contribution in [2.75, 3.05) is 24.5 Å². The van der Waals surface area contributed by atoms with E-state index in [9.17, 15) is 9.18 Å². The number of aliphatic hydroxyl groups is 1. The van der Waals surface area contributed by atoms with Gasteiger partial charge in [-0.25, -0.2) is 4.39 Å². The molecule has 0 aromatic heterocycles. The highest BCUT2D eigenvalue weighted by Crippen LogP contribution is 2.19. The molecule has 1 amide bonds. The van der Waals surface area contributed by atoms with Crippen LogP contribution < -0.4 is 10.2 Å². The van der Waals surface area contributed by atoms with Crippen LogP contribution in [0.4, 0.5) is 10.1 Å². The van der Waals surface area contributed by atoms with Gasteiger partial charge in [-0.05, 0) is 23.8 Å². The zero-order chi connectivity index (χ0) is 12.3. The summed E-state index contributed by atoms with van der Waals surface area (Å²) in [6.45, 7) is 1.60. The monoisotopic (exact) mass is 238 g/mol. The molecule has 0 bridgehead atoms. The van der Waals surface area contributed by atoms with Gasteiger partial charge >= 0.3 is 0 Å². The van der Waals surface area contributed by atoms with Gasteiger partial charge in [-0.1, -0.05) is 0 Å². The predicted molar refractivity (Wildman–Crippen MR) is 62.2 cm³/mol.